The Hall–Kier alpha value is -1.23. The summed E-state index contributed by atoms with van der Waals surface area (Å²) < 4.78 is 37.3. The van der Waals surface area contributed by atoms with E-state index in [4.69, 9.17) is 0 Å². The van der Waals surface area contributed by atoms with Crippen LogP contribution in [0.25, 0.3) is 0 Å². The molecule has 0 aliphatic carbocycles. The van der Waals surface area contributed by atoms with Crippen LogP contribution in [0.3, 0.4) is 0 Å². The van der Waals surface area contributed by atoms with Gasteiger partial charge in [-0.1, -0.05) is 0 Å². The van der Waals surface area contributed by atoms with Crippen LogP contribution >= 0.6 is 0 Å². The van der Waals surface area contributed by atoms with Crippen LogP contribution in [0.5, 0.6) is 0 Å². The fraction of sp³-hybridized carbons (Fsp3) is 0.538. The van der Waals surface area contributed by atoms with E-state index in [9.17, 15) is 23.1 Å². The van der Waals surface area contributed by atoms with E-state index in [1.807, 2.05) is 9.80 Å². The minimum absolute atomic E-state index is 0. The maximum atomic E-state index is 12.4. The zero-order valence-electron chi connectivity index (χ0n) is 12.3. The molecule has 0 bridgehead atoms. The molecule has 1 saturated heterocycles. The van der Waals surface area contributed by atoms with Crippen LogP contribution in [0.1, 0.15) is 12.1 Å². The van der Waals surface area contributed by atoms with Crippen molar-refractivity contribution in [3.05, 3.63) is 24.0 Å². The third kappa shape index (κ3) is 5.20. The van der Waals surface area contributed by atoms with Gasteiger partial charge >= 0.3 is 25.0 Å². The summed E-state index contributed by atoms with van der Waals surface area (Å²) in [4.78, 5) is 17.8. The third-order valence-electron chi connectivity index (χ3n) is 3.41. The first-order valence-electron chi connectivity index (χ1n) is 6.56. The number of carboxylic acids is 1. The molecule has 1 aliphatic rings. The summed E-state index contributed by atoms with van der Waals surface area (Å²) in [6.45, 7) is 3.00. The Morgan fingerprint density at radius 2 is 1.86 bits per heavy atom. The van der Waals surface area contributed by atoms with E-state index in [-0.39, 0.29) is 25.3 Å². The molecule has 0 amide bonds. The van der Waals surface area contributed by atoms with E-state index >= 15 is 0 Å². The van der Waals surface area contributed by atoms with Gasteiger partial charge in [-0.25, -0.2) is 4.98 Å². The van der Waals surface area contributed by atoms with Crippen LogP contribution in [0.2, 0.25) is 0 Å². The SMILES string of the molecule is O=C([O-])CCN1CCN(c2ccc(C(F)(F)F)nc2)CC1.[Li+]. The molecule has 0 aromatic carbocycles. The number of carbonyl (C=O) groups excluding carboxylic acids is 1. The number of hydrogen-bond donors (Lipinski definition) is 0. The van der Waals surface area contributed by atoms with Gasteiger partial charge < -0.3 is 14.8 Å². The zero-order valence-corrected chi connectivity index (χ0v) is 12.3. The smallest absolute Gasteiger partial charge is 0.550 e. The quantitative estimate of drug-likeness (QED) is 0.570. The monoisotopic (exact) mass is 309 g/mol. The van der Waals surface area contributed by atoms with Crippen LogP contribution in [-0.2, 0) is 11.0 Å². The van der Waals surface area contributed by atoms with Gasteiger partial charge in [-0.2, -0.15) is 13.2 Å². The maximum Gasteiger partial charge on any atom is 1.00 e. The van der Waals surface area contributed by atoms with Crippen molar-refractivity contribution in [3.63, 3.8) is 0 Å². The molecule has 0 N–H and O–H groups in total. The molecule has 22 heavy (non-hydrogen) atoms. The molecule has 9 heteroatoms. The van der Waals surface area contributed by atoms with Gasteiger partial charge in [0.15, 0.2) is 0 Å². The largest absolute Gasteiger partial charge is 1.00 e. The Labute approximate surface area is 138 Å². The molecule has 1 aliphatic heterocycles. The Kier molecular flexibility index (Phi) is 6.72. The van der Waals surface area contributed by atoms with Crippen LogP contribution in [0, 0.1) is 0 Å². The predicted molar refractivity (Wildman–Crippen MR) is 67.5 cm³/mol. The first-order valence-corrected chi connectivity index (χ1v) is 6.56. The summed E-state index contributed by atoms with van der Waals surface area (Å²) in [5.74, 6) is -1.08. The number of carbonyl (C=O) groups is 1. The number of rotatable bonds is 4. The van der Waals surface area contributed by atoms with E-state index < -0.39 is 17.8 Å². The van der Waals surface area contributed by atoms with Crippen molar-refractivity contribution in [2.75, 3.05) is 37.6 Å². The van der Waals surface area contributed by atoms with Crippen LogP contribution in [0.15, 0.2) is 18.3 Å². The van der Waals surface area contributed by atoms with E-state index in [0.29, 0.717) is 38.4 Å². The molecular weight excluding hydrogens is 294 g/mol. The molecule has 5 nitrogen and oxygen atoms in total. The Bertz CT molecular complexity index is 488. The first-order chi connectivity index (χ1) is 9.86. The van der Waals surface area contributed by atoms with Crippen molar-refractivity contribution < 1.29 is 41.9 Å². The van der Waals surface area contributed by atoms with Crippen LogP contribution < -0.4 is 28.9 Å². The minimum Gasteiger partial charge on any atom is -0.550 e. The minimum atomic E-state index is -4.43. The molecule has 0 radical (unpaired) electrons. The molecule has 1 aromatic heterocycles. The number of anilines is 1. The van der Waals surface area contributed by atoms with Gasteiger partial charge in [0.2, 0.25) is 0 Å². The van der Waals surface area contributed by atoms with Gasteiger partial charge in [0.05, 0.1) is 11.9 Å². The standard InChI is InChI=1S/C13H16F3N3O2.Li/c14-13(15,16)11-2-1-10(9-17-11)19-7-5-18(6-8-19)4-3-12(20)21;/h1-2,9H,3-8H2,(H,20,21);/q;+1/p-1. The number of piperazine rings is 1. The number of aliphatic carboxylic acids is 1. The summed E-state index contributed by atoms with van der Waals surface area (Å²) in [6.07, 6.45) is -3.22. The second-order valence-corrected chi connectivity index (χ2v) is 4.85. The fourth-order valence-corrected chi connectivity index (χ4v) is 2.22. The Morgan fingerprint density at radius 3 is 2.32 bits per heavy atom. The molecule has 0 unspecified atom stereocenters. The summed E-state index contributed by atoms with van der Waals surface area (Å²) in [5, 5.41) is 10.4. The molecule has 2 rings (SSSR count). The summed E-state index contributed by atoms with van der Waals surface area (Å²) in [7, 11) is 0. The van der Waals surface area contributed by atoms with Gasteiger partial charge in [0, 0.05) is 38.7 Å². The van der Waals surface area contributed by atoms with Gasteiger partial charge in [-0.15, -0.1) is 0 Å². The van der Waals surface area contributed by atoms with Gasteiger partial charge in [0.25, 0.3) is 0 Å². The second-order valence-electron chi connectivity index (χ2n) is 4.85. The van der Waals surface area contributed by atoms with Gasteiger partial charge in [0.1, 0.15) is 5.69 Å². The first kappa shape index (κ1) is 18.8. The number of alkyl halides is 3. The van der Waals surface area contributed by atoms with Crippen molar-refractivity contribution in [1.29, 1.82) is 0 Å². The summed E-state index contributed by atoms with van der Waals surface area (Å²) in [5.41, 5.74) is -0.263. The maximum absolute atomic E-state index is 12.4. The molecule has 1 fully saturated rings. The number of aromatic nitrogens is 1. The Balaban J connectivity index is 0.00000242. The molecular formula is C13H15F3LiN3O2. The van der Waals surface area contributed by atoms with Gasteiger partial charge in [-0.05, 0) is 18.6 Å². The number of nitrogens with zero attached hydrogens (tertiary/aromatic N) is 3. The van der Waals surface area contributed by atoms with Crippen molar-refractivity contribution in [2.45, 2.75) is 12.6 Å². The summed E-state index contributed by atoms with van der Waals surface area (Å²) in [6, 6.07) is 2.38. The Morgan fingerprint density at radius 1 is 1.23 bits per heavy atom. The number of halogens is 3. The third-order valence-corrected chi connectivity index (χ3v) is 3.41. The van der Waals surface area contributed by atoms with E-state index in [1.54, 1.807) is 0 Å². The van der Waals surface area contributed by atoms with Crippen molar-refractivity contribution in [1.82, 2.24) is 9.88 Å². The molecule has 0 spiro atoms. The molecule has 2 heterocycles. The molecule has 1 aromatic rings. The molecule has 0 saturated carbocycles. The second kappa shape index (κ2) is 7.86. The van der Waals surface area contributed by atoms with E-state index in [2.05, 4.69) is 4.98 Å². The van der Waals surface area contributed by atoms with E-state index in [0.717, 1.165) is 6.07 Å². The van der Waals surface area contributed by atoms with Gasteiger partial charge in [-0.3, -0.25) is 4.90 Å². The van der Waals surface area contributed by atoms with Crippen molar-refractivity contribution >= 4 is 11.7 Å². The van der Waals surface area contributed by atoms with Crippen LogP contribution in [-0.4, -0.2) is 48.6 Å². The van der Waals surface area contributed by atoms with Crippen LogP contribution in [0.4, 0.5) is 18.9 Å². The molecule has 116 valence electrons. The average molecular weight is 309 g/mol. The van der Waals surface area contributed by atoms with E-state index in [1.165, 1.54) is 12.3 Å². The molecule has 0 atom stereocenters. The van der Waals surface area contributed by atoms with Crippen molar-refractivity contribution in [2.24, 2.45) is 0 Å². The zero-order chi connectivity index (χ0) is 15.5. The number of pyridine rings is 1. The fourth-order valence-electron chi connectivity index (χ4n) is 2.22. The average Bonchev–Trinajstić information content (AvgIpc) is 2.45. The topological polar surface area (TPSA) is 59.5 Å². The van der Waals surface area contributed by atoms with Crippen molar-refractivity contribution in [3.8, 4) is 0 Å². The normalized spacial score (nSPS) is 16.2. The number of carboxylic acid groups (broad SMARTS) is 1. The predicted octanol–water partition coefficient (Wildman–Crippen LogP) is -2.63. The summed E-state index contributed by atoms with van der Waals surface area (Å²) >= 11 is 0. The number of hydrogen-bond acceptors (Lipinski definition) is 5.